The second-order valence-electron chi connectivity index (χ2n) is 6.53. The van der Waals surface area contributed by atoms with Crippen LogP contribution in [0.5, 0.6) is 0 Å². The summed E-state index contributed by atoms with van der Waals surface area (Å²) in [7, 11) is 0. The van der Waals surface area contributed by atoms with E-state index in [9.17, 15) is 0 Å². The summed E-state index contributed by atoms with van der Waals surface area (Å²) in [6.07, 6.45) is 10.7. The molecule has 0 saturated carbocycles. The molecule has 130 valence electrons. The minimum absolute atomic E-state index is 0.284. The van der Waals surface area contributed by atoms with Crippen molar-refractivity contribution in [2.45, 2.75) is 26.2 Å². The maximum Gasteiger partial charge on any atom is 0.0670 e. The normalized spacial score (nSPS) is 19.7. The van der Waals surface area contributed by atoms with E-state index < -0.39 is 0 Å². The van der Waals surface area contributed by atoms with Crippen LogP contribution in [-0.4, -0.2) is 0 Å². The third-order valence-corrected chi connectivity index (χ3v) is 5.31. The summed E-state index contributed by atoms with van der Waals surface area (Å²) in [5.41, 5.74) is 7.43. The van der Waals surface area contributed by atoms with Gasteiger partial charge in [0.2, 0.25) is 0 Å². The number of hydrogen-bond donors (Lipinski definition) is 0. The molecule has 2 aromatic rings. The molecule has 3 rings (SSSR count). The number of rotatable bonds is 4. The highest BCUT2D eigenvalue weighted by molar-refractivity contribution is 5.75. The van der Waals surface area contributed by atoms with Gasteiger partial charge in [-0.2, -0.15) is 0 Å². The molecule has 0 heteroatoms. The van der Waals surface area contributed by atoms with E-state index in [0.717, 1.165) is 0 Å². The molecule has 0 heterocycles. The standard InChI is InChI=1S/C26H26/c1-5-8-19-24-23(6-2)20(4)26(25(24)7-3,21-15-11-9-12-16-21)22-17-13-10-14-18-22/h5-19H,2H2,1,3-4H3/b8-5-,24-19-,25-7+. The fourth-order valence-electron chi connectivity index (χ4n) is 4.25. The highest BCUT2D eigenvalue weighted by Crippen LogP contribution is 2.55. The lowest BCUT2D eigenvalue weighted by molar-refractivity contribution is 0.738. The molecule has 0 radical (unpaired) electrons. The van der Waals surface area contributed by atoms with E-state index in [0.29, 0.717) is 0 Å². The summed E-state index contributed by atoms with van der Waals surface area (Å²) in [5.74, 6) is 0. The minimum Gasteiger partial charge on any atom is -0.0984 e. The Hall–Kier alpha value is -2.86. The second-order valence-corrected chi connectivity index (χ2v) is 6.53. The van der Waals surface area contributed by atoms with Crippen molar-refractivity contribution in [1.82, 2.24) is 0 Å². The largest absolute Gasteiger partial charge is 0.0984 e. The molecule has 0 nitrogen and oxygen atoms in total. The van der Waals surface area contributed by atoms with Crippen LogP contribution in [0.25, 0.3) is 0 Å². The molecule has 0 spiro atoms. The Labute approximate surface area is 157 Å². The zero-order chi connectivity index (χ0) is 18.6. The highest BCUT2D eigenvalue weighted by atomic mass is 14.5. The number of benzene rings is 2. The van der Waals surface area contributed by atoms with Crippen molar-refractivity contribution in [3.05, 3.63) is 131 Å². The van der Waals surface area contributed by atoms with Gasteiger partial charge in [-0.3, -0.25) is 0 Å². The molecule has 0 fully saturated rings. The van der Waals surface area contributed by atoms with Crippen molar-refractivity contribution in [2.24, 2.45) is 0 Å². The molecule has 0 N–H and O–H groups in total. The first-order valence-electron chi connectivity index (χ1n) is 9.17. The van der Waals surface area contributed by atoms with Gasteiger partial charge in [-0.1, -0.05) is 97.6 Å². The highest BCUT2D eigenvalue weighted by Gasteiger charge is 2.46. The second kappa shape index (κ2) is 7.58. The van der Waals surface area contributed by atoms with Crippen LogP contribution in [0.2, 0.25) is 0 Å². The van der Waals surface area contributed by atoms with Crippen LogP contribution in [0.1, 0.15) is 31.9 Å². The summed E-state index contributed by atoms with van der Waals surface area (Å²) < 4.78 is 0. The monoisotopic (exact) mass is 338 g/mol. The van der Waals surface area contributed by atoms with Gasteiger partial charge >= 0.3 is 0 Å². The Morgan fingerprint density at radius 3 is 1.81 bits per heavy atom. The predicted octanol–water partition coefficient (Wildman–Crippen LogP) is 6.94. The average molecular weight is 338 g/mol. The van der Waals surface area contributed by atoms with Gasteiger partial charge in [0.05, 0.1) is 5.41 Å². The van der Waals surface area contributed by atoms with Crippen LogP contribution in [-0.2, 0) is 5.41 Å². The summed E-state index contributed by atoms with van der Waals surface area (Å²) in [6, 6.07) is 21.6. The molecule has 1 aliphatic rings. The summed E-state index contributed by atoms with van der Waals surface area (Å²) in [4.78, 5) is 0. The van der Waals surface area contributed by atoms with Gasteiger partial charge in [0.1, 0.15) is 0 Å². The molecule has 0 amide bonds. The van der Waals surface area contributed by atoms with Gasteiger partial charge in [-0.25, -0.2) is 0 Å². The van der Waals surface area contributed by atoms with E-state index in [1.54, 1.807) is 0 Å². The first-order chi connectivity index (χ1) is 12.7. The van der Waals surface area contributed by atoms with Crippen LogP contribution < -0.4 is 0 Å². The van der Waals surface area contributed by atoms with Crippen LogP contribution in [0, 0.1) is 0 Å². The topological polar surface area (TPSA) is 0 Å². The van der Waals surface area contributed by atoms with Gasteiger partial charge in [-0.05, 0) is 54.2 Å². The Bertz CT molecular complexity index is 864. The summed E-state index contributed by atoms with van der Waals surface area (Å²) in [6.45, 7) is 10.6. The predicted molar refractivity (Wildman–Crippen MR) is 113 cm³/mol. The van der Waals surface area contributed by atoms with Crippen molar-refractivity contribution in [3.63, 3.8) is 0 Å². The number of hydrogen-bond acceptors (Lipinski definition) is 0. The van der Waals surface area contributed by atoms with E-state index in [1.165, 1.54) is 33.4 Å². The molecule has 0 bridgehead atoms. The molecule has 0 atom stereocenters. The van der Waals surface area contributed by atoms with Crippen molar-refractivity contribution in [3.8, 4) is 0 Å². The molecule has 1 aliphatic carbocycles. The molecule has 0 unspecified atom stereocenters. The van der Waals surface area contributed by atoms with E-state index in [4.69, 9.17) is 0 Å². The van der Waals surface area contributed by atoms with Crippen LogP contribution in [0.4, 0.5) is 0 Å². The molecule has 0 aliphatic heterocycles. The van der Waals surface area contributed by atoms with Crippen molar-refractivity contribution >= 4 is 0 Å². The van der Waals surface area contributed by atoms with E-state index >= 15 is 0 Å². The molecule has 0 aromatic heterocycles. The maximum absolute atomic E-state index is 4.12. The smallest absolute Gasteiger partial charge is 0.0670 e. The van der Waals surface area contributed by atoms with Gasteiger partial charge in [0, 0.05) is 0 Å². The SMILES string of the molecule is C=CC1=C(C)C(c2ccccc2)(c2ccccc2)C(=C/C)/C1=C\C=C/C. The molecule has 2 aromatic carbocycles. The van der Waals surface area contributed by atoms with E-state index in [2.05, 4.69) is 105 Å². The maximum atomic E-state index is 4.12. The van der Waals surface area contributed by atoms with Crippen molar-refractivity contribution < 1.29 is 0 Å². The van der Waals surface area contributed by atoms with Gasteiger partial charge in [0.15, 0.2) is 0 Å². The molecular formula is C26H26. The zero-order valence-electron chi connectivity index (χ0n) is 15.9. The Morgan fingerprint density at radius 2 is 1.38 bits per heavy atom. The molecule has 26 heavy (non-hydrogen) atoms. The molecular weight excluding hydrogens is 312 g/mol. The van der Waals surface area contributed by atoms with E-state index in [-0.39, 0.29) is 5.41 Å². The quantitative estimate of drug-likeness (QED) is 0.566. The lowest BCUT2D eigenvalue weighted by Gasteiger charge is -2.35. The Kier molecular flexibility index (Phi) is 5.23. The third kappa shape index (κ3) is 2.63. The van der Waals surface area contributed by atoms with E-state index in [1.807, 2.05) is 13.0 Å². The fraction of sp³-hybridized carbons (Fsp3) is 0.154. The first-order valence-corrected chi connectivity index (χ1v) is 9.17. The van der Waals surface area contributed by atoms with Gasteiger partial charge in [0.25, 0.3) is 0 Å². The van der Waals surface area contributed by atoms with Crippen LogP contribution >= 0.6 is 0 Å². The van der Waals surface area contributed by atoms with Crippen LogP contribution in [0.3, 0.4) is 0 Å². The summed E-state index contributed by atoms with van der Waals surface area (Å²) >= 11 is 0. The lowest BCUT2D eigenvalue weighted by Crippen LogP contribution is -2.29. The van der Waals surface area contributed by atoms with Crippen LogP contribution in [0.15, 0.2) is 120 Å². The summed E-state index contributed by atoms with van der Waals surface area (Å²) in [5, 5.41) is 0. The molecule has 0 saturated heterocycles. The Balaban J connectivity index is 2.45. The fourth-order valence-corrected chi connectivity index (χ4v) is 4.25. The lowest BCUT2D eigenvalue weighted by atomic mass is 9.67. The van der Waals surface area contributed by atoms with Gasteiger partial charge < -0.3 is 0 Å². The third-order valence-electron chi connectivity index (χ3n) is 5.31. The zero-order valence-corrected chi connectivity index (χ0v) is 15.9. The minimum atomic E-state index is -0.284. The van der Waals surface area contributed by atoms with Gasteiger partial charge in [-0.15, -0.1) is 0 Å². The first kappa shape index (κ1) is 17.9. The number of allylic oxidation sites excluding steroid dienone is 9. The van der Waals surface area contributed by atoms with Crippen molar-refractivity contribution in [1.29, 1.82) is 0 Å². The Morgan fingerprint density at radius 1 is 0.846 bits per heavy atom. The van der Waals surface area contributed by atoms with Crippen molar-refractivity contribution in [2.75, 3.05) is 0 Å². The average Bonchev–Trinajstić information content (AvgIpc) is 2.95.